The summed E-state index contributed by atoms with van der Waals surface area (Å²) in [7, 11) is 3.33. The summed E-state index contributed by atoms with van der Waals surface area (Å²) in [5.41, 5.74) is 3.45. The van der Waals surface area contributed by atoms with Crippen LogP contribution in [-0.2, 0) is 0 Å². The third kappa shape index (κ3) is 2.93. The molecular formula is C22H21N3O3S. The molecule has 0 bridgehead atoms. The van der Waals surface area contributed by atoms with E-state index in [4.69, 9.17) is 9.47 Å². The molecule has 3 heterocycles. The van der Waals surface area contributed by atoms with Crippen LogP contribution in [0.15, 0.2) is 41.2 Å². The van der Waals surface area contributed by atoms with E-state index in [0.29, 0.717) is 9.49 Å². The molecule has 7 heteroatoms. The highest BCUT2D eigenvalue weighted by Crippen LogP contribution is 2.37. The predicted molar refractivity (Wildman–Crippen MR) is 117 cm³/mol. The first-order chi connectivity index (χ1) is 14.2. The Morgan fingerprint density at radius 2 is 1.83 bits per heavy atom. The summed E-state index contributed by atoms with van der Waals surface area (Å²) in [5.74, 6) is 1.51. The number of hydrogen-bond acceptors (Lipinski definition) is 6. The van der Waals surface area contributed by atoms with Crippen molar-refractivity contribution in [2.24, 2.45) is 0 Å². The number of aromatic nitrogens is 2. The third-order valence-corrected chi connectivity index (χ3v) is 6.38. The van der Waals surface area contributed by atoms with Gasteiger partial charge in [-0.05, 0) is 37.1 Å². The van der Waals surface area contributed by atoms with E-state index < -0.39 is 0 Å². The van der Waals surface area contributed by atoms with E-state index in [1.807, 2.05) is 42.5 Å². The molecule has 5 rings (SSSR count). The second-order valence-electron chi connectivity index (χ2n) is 7.09. The molecular weight excluding hydrogens is 386 g/mol. The van der Waals surface area contributed by atoms with E-state index in [1.165, 1.54) is 24.2 Å². The van der Waals surface area contributed by atoms with E-state index in [0.717, 1.165) is 46.9 Å². The first-order valence-corrected chi connectivity index (χ1v) is 10.4. The molecule has 2 aromatic carbocycles. The van der Waals surface area contributed by atoms with Gasteiger partial charge >= 0.3 is 0 Å². The normalized spacial score (nSPS) is 15.0. The van der Waals surface area contributed by atoms with Crippen molar-refractivity contribution in [3.8, 4) is 11.5 Å². The van der Waals surface area contributed by atoms with Crippen molar-refractivity contribution < 1.29 is 9.47 Å². The van der Waals surface area contributed by atoms with Crippen molar-refractivity contribution in [1.29, 1.82) is 0 Å². The average molecular weight is 407 g/mol. The molecule has 0 unspecified atom stereocenters. The van der Waals surface area contributed by atoms with Gasteiger partial charge in [0.1, 0.15) is 11.5 Å². The lowest BCUT2D eigenvalue weighted by Gasteiger charge is -2.22. The number of thiazole rings is 1. The van der Waals surface area contributed by atoms with Crippen LogP contribution in [0, 0.1) is 0 Å². The first-order valence-electron chi connectivity index (χ1n) is 9.62. The summed E-state index contributed by atoms with van der Waals surface area (Å²) in [6, 6.07) is 11.6. The molecule has 0 saturated carbocycles. The first kappa shape index (κ1) is 18.0. The Balaban J connectivity index is 1.68. The van der Waals surface area contributed by atoms with E-state index >= 15 is 0 Å². The fourth-order valence-electron chi connectivity index (χ4n) is 3.98. The molecule has 0 N–H and O–H groups in total. The number of ether oxygens (including phenoxy) is 2. The maximum atomic E-state index is 13.1. The number of rotatable bonds is 4. The van der Waals surface area contributed by atoms with Gasteiger partial charge in [-0.2, -0.15) is 0 Å². The number of anilines is 1. The van der Waals surface area contributed by atoms with E-state index in [9.17, 15) is 4.79 Å². The Kier molecular flexibility index (Phi) is 4.39. The minimum Gasteiger partial charge on any atom is -0.496 e. The maximum absolute atomic E-state index is 13.1. The molecule has 0 spiro atoms. The smallest absolute Gasteiger partial charge is 0.274 e. The van der Waals surface area contributed by atoms with Crippen molar-refractivity contribution >= 4 is 39.1 Å². The number of nitrogens with zero attached hydrogens (tertiary/aromatic N) is 3. The molecule has 1 aliphatic rings. The Labute approximate surface area is 171 Å². The lowest BCUT2D eigenvalue weighted by molar-refractivity contribution is 0.402. The third-order valence-electron chi connectivity index (χ3n) is 5.41. The molecule has 0 atom stereocenters. The van der Waals surface area contributed by atoms with Gasteiger partial charge in [-0.3, -0.25) is 4.79 Å². The molecule has 1 saturated heterocycles. The number of methoxy groups -OCH3 is 2. The SMILES string of the molecule is COc1cc(N2CCCC2)c(OC)cc1C=c1sc2nc3ccccc3n2c1=O. The Morgan fingerprint density at radius 3 is 2.59 bits per heavy atom. The van der Waals surface area contributed by atoms with Gasteiger partial charge < -0.3 is 14.4 Å². The van der Waals surface area contributed by atoms with Gasteiger partial charge in [-0.1, -0.05) is 23.5 Å². The summed E-state index contributed by atoms with van der Waals surface area (Å²) in [6.45, 7) is 2.03. The molecule has 148 valence electrons. The van der Waals surface area contributed by atoms with Crippen LogP contribution in [0.1, 0.15) is 18.4 Å². The summed E-state index contributed by atoms with van der Waals surface area (Å²) in [5, 5.41) is 0. The van der Waals surface area contributed by atoms with Gasteiger partial charge in [0.25, 0.3) is 5.56 Å². The molecule has 6 nitrogen and oxygen atoms in total. The summed E-state index contributed by atoms with van der Waals surface area (Å²) in [6.07, 6.45) is 4.23. The number of benzene rings is 2. The molecule has 0 radical (unpaired) electrons. The van der Waals surface area contributed by atoms with Crippen molar-refractivity contribution in [2.75, 3.05) is 32.2 Å². The summed E-state index contributed by atoms with van der Waals surface area (Å²) in [4.78, 5) is 20.7. The van der Waals surface area contributed by atoms with Gasteiger partial charge in [-0.25, -0.2) is 9.38 Å². The highest BCUT2D eigenvalue weighted by Gasteiger charge is 2.19. The highest BCUT2D eigenvalue weighted by atomic mass is 32.1. The minimum absolute atomic E-state index is 0.0664. The Bertz CT molecular complexity index is 1320. The summed E-state index contributed by atoms with van der Waals surface area (Å²) < 4.78 is 13.6. The van der Waals surface area contributed by atoms with Crippen LogP contribution in [0.2, 0.25) is 0 Å². The maximum Gasteiger partial charge on any atom is 0.274 e. The predicted octanol–water partition coefficient (Wildman–Crippen LogP) is 3.07. The number of fused-ring (bicyclic) bond motifs is 3. The van der Waals surface area contributed by atoms with Crippen LogP contribution >= 0.6 is 11.3 Å². The summed E-state index contributed by atoms with van der Waals surface area (Å²) >= 11 is 1.38. The van der Waals surface area contributed by atoms with Crippen molar-refractivity contribution in [1.82, 2.24) is 9.38 Å². The van der Waals surface area contributed by atoms with Crippen LogP contribution < -0.4 is 24.5 Å². The lowest BCUT2D eigenvalue weighted by Crippen LogP contribution is -2.23. The molecule has 0 amide bonds. The van der Waals surface area contributed by atoms with Crippen LogP contribution in [0.4, 0.5) is 5.69 Å². The van der Waals surface area contributed by atoms with Crippen molar-refractivity contribution in [3.05, 3.63) is 56.8 Å². The largest absolute Gasteiger partial charge is 0.496 e. The molecule has 4 aromatic rings. The zero-order valence-corrected chi connectivity index (χ0v) is 17.2. The van der Waals surface area contributed by atoms with Crippen molar-refractivity contribution in [3.63, 3.8) is 0 Å². The lowest BCUT2D eigenvalue weighted by atomic mass is 10.1. The second-order valence-corrected chi connectivity index (χ2v) is 8.10. The topological polar surface area (TPSA) is 56.1 Å². The molecule has 29 heavy (non-hydrogen) atoms. The zero-order chi connectivity index (χ0) is 20.0. The van der Waals surface area contributed by atoms with Crippen molar-refractivity contribution in [2.45, 2.75) is 12.8 Å². The monoisotopic (exact) mass is 407 g/mol. The number of imidazole rings is 1. The van der Waals surface area contributed by atoms with Crippen LogP contribution in [-0.4, -0.2) is 36.7 Å². The average Bonchev–Trinajstić information content (AvgIpc) is 3.45. The Hall–Kier alpha value is -3.06. The second kappa shape index (κ2) is 7.08. The fourth-order valence-corrected chi connectivity index (χ4v) is 4.95. The minimum atomic E-state index is -0.0664. The molecule has 1 fully saturated rings. The fraction of sp³-hybridized carbons (Fsp3) is 0.273. The van der Waals surface area contributed by atoms with Gasteiger partial charge in [0, 0.05) is 24.7 Å². The van der Waals surface area contributed by atoms with Gasteiger partial charge in [0.05, 0.1) is 35.5 Å². The number of para-hydroxylation sites is 2. The molecule has 1 aliphatic heterocycles. The van der Waals surface area contributed by atoms with Gasteiger partial charge in [0.15, 0.2) is 4.96 Å². The molecule has 0 aliphatic carbocycles. The van der Waals surface area contributed by atoms with E-state index in [-0.39, 0.29) is 5.56 Å². The Morgan fingerprint density at radius 1 is 1.07 bits per heavy atom. The quantitative estimate of drug-likeness (QED) is 0.520. The van der Waals surface area contributed by atoms with Crippen LogP contribution in [0.5, 0.6) is 11.5 Å². The molecule has 2 aromatic heterocycles. The van der Waals surface area contributed by atoms with Crippen LogP contribution in [0.25, 0.3) is 22.1 Å². The van der Waals surface area contributed by atoms with Gasteiger partial charge in [0.2, 0.25) is 0 Å². The van der Waals surface area contributed by atoms with Gasteiger partial charge in [-0.15, -0.1) is 0 Å². The van der Waals surface area contributed by atoms with Crippen LogP contribution in [0.3, 0.4) is 0 Å². The zero-order valence-electron chi connectivity index (χ0n) is 16.3. The van der Waals surface area contributed by atoms with E-state index in [2.05, 4.69) is 9.88 Å². The standard InChI is InChI=1S/C22H21N3O3S/c1-27-18-13-17(24-9-5-6-10-24)19(28-2)11-14(18)12-20-21(26)25-16-8-4-3-7-15(16)23-22(25)29-20/h3-4,7-8,11-13H,5-6,9-10H2,1-2H3. The highest BCUT2D eigenvalue weighted by molar-refractivity contribution is 7.15. The number of hydrogen-bond donors (Lipinski definition) is 0. The van der Waals surface area contributed by atoms with E-state index in [1.54, 1.807) is 18.6 Å².